The number of aliphatic imine (C=N–C) groups is 1. The minimum atomic E-state index is 0.611. The van der Waals surface area contributed by atoms with Crippen molar-refractivity contribution in [3.05, 3.63) is 15.6 Å². The summed E-state index contributed by atoms with van der Waals surface area (Å²) in [4.78, 5) is 10.3. The molecule has 1 aromatic heterocycles. The molecular formula is C14H24N4S. The number of guanidine groups is 1. The zero-order chi connectivity index (χ0) is 13.8. The average Bonchev–Trinajstić information content (AvgIpc) is 2.95. The monoisotopic (exact) mass is 280 g/mol. The molecule has 1 saturated carbocycles. The first kappa shape index (κ1) is 14.3. The van der Waals surface area contributed by atoms with Crippen LogP contribution in [0, 0.1) is 12.8 Å². The lowest BCUT2D eigenvalue weighted by Crippen LogP contribution is -2.39. The molecule has 1 heterocycles. The van der Waals surface area contributed by atoms with E-state index < -0.39 is 0 Å². The minimum Gasteiger partial charge on any atom is -0.356 e. The number of nitrogens with zero attached hydrogens (tertiary/aromatic N) is 2. The smallest absolute Gasteiger partial charge is 0.191 e. The van der Waals surface area contributed by atoms with Crippen LogP contribution in [0.5, 0.6) is 0 Å². The molecule has 2 unspecified atom stereocenters. The number of aromatic nitrogens is 1. The summed E-state index contributed by atoms with van der Waals surface area (Å²) in [5.74, 6) is 1.70. The normalized spacial score (nSPS) is 22.4. The van der Waals surface area contributed by atoms with E-state index in [1.807, 2.05) is 18.4 Å². The van der Waals surface area contributed by atoms with Gasteiger partial charge in [-0.2, -0.15) is 0 Å². The van der Waals surface area contributed by atoms with Gasteiger partial charge in [-0.25, -0.2) is 4.98 Å². The van der Waals surface area contributed by atoms with Crippen molar-refractivity contribution < 1.29 is 0 Å². The second kappa shape index (κ2) is 6.37. The third-order valence-corrected chi connectivity index (χ3v) is 4.63. The highest BCUT2D eigenvalue weighted by atomic mass is 32.1. The van der Waals surface area contributed by atoms with Crippen LogP contribution < -0.4 is 10.6 Å². The van der Waals surface area contributed by atoms with Gasteiger partial charge in [0.25, 0.3) is 0 Å². The van der Waals surface area contributed by atoms with Gasteiger partial charge in [0, 0.05) is 30.9 Å². The predicted molar refractivity (Wildman–Crippen MR) is 82.0 cm³/mol. The fraction of sp³-hybridized carbons (Fsp3) is 0.714. The molecule has 106 valence electrons. The molecule has 0 saturated heterocycles. The van der Waals surface area contributed by atoms with Crippen LogP contribution in [0.3, 0.4) is 0 Å². The summed E-state index contributed by atoms with van der Waals surface area (Å²) in [6.45, 7) is 7.46. The quantitative estimate of drug-likeness (QED) is 0.642. The largest absolute Gasteiger partial charge is 0.356 e. The first-order valence-electron chi connectivity index (χ1n) is 7.06. The van der Waals surface area contributed by atoms with Crippen LogP contribution in [0.4, 0.5) is 0 Å². The Morgan fingerprint density at radius 1 is 1.53 bits per heavy atom. The van der Waals surface area contributed by atoms with Crippen LogP contribution in [0.25, 0.3) is 0 Å². The molecule has 1 aromatic rings. The number of hydrogen-bond acceptors (Lipinski definition) is 3. The third kappa shape index (κ3) is 3.93. The summed E-state index contributed by atoms with van der Waals surface area (Å²) in [5, 5.41) is 8.01. The molecule has 5 heteroatoms. The Labute approximate surface area is 119 Å². The summed E-state index contributed by atoms with van der Waals surface area (Å²) in [6.07, 6.45) is 3.25. The van der Waals surface area contributed by atoms with Gasteiger partial charge >= 0.3 is 0 Å². The Morgan fingerprint density at radius 2 is 2.26 bits per heavy atom. The van der Waals surface area contributed by atoms with E-state index in [2.05, 4.69) is 41.4 Å². The highest BCUT2D eigenvalue weighted by Crippen LogP contribution is 2.28. The Hall–Kier alpha value is -1.10. The van der Waals surface area contributed by atoms with Crippen molar-refractivity contribution in [3.8, 4) is 0 Å². The number of thiazole rings is 1. The van der Waals surface area contributed by atoms with Gasteiger partial charge < -0.3 is 10.6 Å². The molecule has 2 atom stereocenters. The predicted octanol–water partition coefficient (Wildman–Crippen LogP) is 2.13. The van der Waals surface area contributed by atoms with Gasteiger partial charge in [0.05, 0.1) is 10.7 Å². The zero-order valence-electron chi connectivity index (χ0n) is 12.3. The lowest BCUT2D eigenvalue weighted by Gasteiger charge is -2.10. The van der Waals surface area contributed by atoms with Crippen molar-refractivity contribution in [2.24, 2.45) is 10.9 Å². The highest BCUT2D eigenvalue weighted by Gasteiger charge is 2.33. The highest BCUT2D eigenvalue weighted by molar-refractivity contribution is 7.11. The molecule has 2 N–H and O–H groups in total. The lowest BCUT2D eigenvalue weighted by atomic mass is 10.3. The summed E-state index contributed by atoms with van der Waals surface area (Å²) in [6, 6.07) is 0.611. The van der Waals surface area contributed by atoms with Crippen LogP contribution in [0.2, 0.25) is 0 Å². The van der Waals surface area contributed by atoms with Gasteiger partial charge in [-0.05, 0) is 25.7 Å². The molecule has 4 nitrogen and oxygen atoms in total. The topological polar surface area (TPSA) is 49.3 Å². The van der Waals surface area contributed by atoms with Gasteiger partial charge in [-0.1, -0.05) is 13.8 Å². The van der Waals surface area contributed by atoms with E-state index in [0.29, 0.717) is 6.04 Å². The molecule has 2 rings (SSSR count). The Bertz CT molecular complexity index is 452. The summed E-state index contributed by atoms with van der Waals surface area (Å²) in [5.41, 5.74) is 1.24. The van der Waals surface area contributed by atoms with E-state index in [1.165, 1.54) is 22.0 Å². The molecule has 1 aliphatic rings. The number of aryl methyl sites for hydroxylation is 2. The van der Waals surface area contributed by atoms with Gasteiger partial charge in [0.1, 0.15) is 0 Å². The van der Waals surface area contributed by atoms with Crippen LogP contribution in [0.1, 0.15) is 35.8 Å². The number of rotatable bonds is 5. The molecule has 0 spiro atoms. The Morgan fingerprint density at radius 3 is 2.79 bits per heavy atom. The summed E-state index contributed by atoms with van der Waals surface area (Å²) >= 11 is 1.81. The Kier molecular flexibility index (Phi) is 4.80. The second-order valence-electron chi connectivity index (χ2n) is 5.18. The second-order valence-corrected chi connectivity index (χ2v) is 6.46. The molecule has 1 fully saturated rings. The SMILES string of the molecule is CCc1nc(CCNC(=NC)NC2CC2C)sc1C. The van der Waals surface area contributed by atoms with Crippen LogP contribution >= 0.6 is 11.3 Å². The molecule has 0 radical (unpaired) electrons. The van der Waals surface area contributed by atoms with Crippen LogP contribution in [-0.2, 0) is 12.8 Å². The van der Waals surface area contributed by atoms with Crippen molar-refractivity contribution in [1.82, 2.24) is 15.6 Å². The lowest BCUT2D eigenvalue weighted by molar-refractivity contribution is 0.756. The first-order valence-corrected chi connectivity index (χ1v) is 7.88. The molecule has 0 bridgehead atoms. The summed E-state index contributed by atoms with van der Waals surface area (Å²) < 4.78 is 0. The van der Waals surface area contributed by atoms with E-state index >= 15 is 0 Å². The molecule has 0 aliphatic heterocycles. The Balaban J connectivity index is 1.75. The molecule has 0 aromatic carbocycles. The molecule has 0 amide bonds. The maximum absolute atomic E-state index is 4.65. The van der Waals surface area contributed by atoms with Crippen LogP contribution in [0.15, 0.2) is 4.99 Å². The van der Waals surface area contributed by atoms with Gasteiger partial charge in [0.2, 0.25) is 0 Å². The van der Waals surface area contributed by atoms with Crippen molar-refractivity contribution in [3.63, 3.8) is 0 Å². The van der Waals surface area contributed by atoms with Crippen molar-refractivity contribution in [2.75, 3.05) is 13.6 Å². The molecule has 19 heavy (non-hydrogen) atoms. The van der Waals surface area contributed by atoms with Gasteiger partial charge in [-0.3, -0.25) is 4.99 Å². The summed E-state index contributed by atoms with van der Waals surface area (Å²) in [7, 11) is 1.82. The van der Waals surface area contributed by atoms with E-state index in [0.717, 1.165) is 31.3 Å². The van der Waals surface area contributed by atoms with Crippen LogP contribution in [-0.4, -0.2) is 30.6 Å². The third-order valence-electron chi connectivity index (χ3n) is 3.56. The number of hydrogen-bond donors (Lipinski definition) is 2. The van der Waals surface area contributed by atoms with Crippen molar-refractivity contribution in [2.45, 2.75) is 46.1 Å². The maximum atomic E-state index is 4.65. The fourth-order valence-corrected chi connectivity index (χ4v) is 3.13. The maximum Gasteiger partial charge on any atom is 0.191 e. The molecular weight excluding hydrogens is 256 g/mol. The number of nitrogens with one attached hydrogen (secondary N) is 2. The van der Waals surface area contributed by atoms with Gasteiger partial charge in [0.15, 0.2) is 5.96 Å². The molecule has 1 aliphatic carbocycles. The first-order chi connectivity index (χ1) is 9.13. The van der Waals surface area contributed by atoms with E-state index in [4.69, 9.17) is 0 Å². The van der Waals surface area contributed by atoms with E-state index in [9.17, 15) is 0 Å². The van der Waals surface area contributed by atoms with E-state index in [1.54, 1.807) is 0 Å². The zero-order valence-corrected chi connectivity index (χ0v) is 13.1. The van der Waals surface area contributed by atoms with E-state index in [-0.39, 0.29) is 0 Å². The average molecular weight is 280 g/mol. The van der Waals surface area contributed by atoms with Crippen molar-refractivity contribution >= 4 is 17.3 Å². The van der Waals surface area contributed by atoms with Gasteiger partial charge in [-0.15, -0.1) is 11.3 Å². The fourth-order valence-electron chi connectivity index (χ4n) is 2.10. The standard InChI is InChI=1S/C14H24N4S/c1-5-11-10(3)19-13(17-11)6-7-16-14(15-4)18-12-8-9(12)2/h9,12H,5-8H2,1-4H3,(H2,15,16,18). The van der Waals surface area contributed by atoms with Crippen molar-refractivity contribution in [1.29, 1.82) is 0 Å². The minimum absolute atomic E-state index is 0.611.